The zero-order valence-electron chi connectivity index (χ0n) is 11.9. The smallest absolute Gasteiger partial charge is 0.255 e. The minimum absolute atomic E-state index is 0. The number of carbonyl (C=O) groups is 1. The first kappa shape index (κ1) is 15.8. The van der Waals surface area contributed by atoms with Crippen LogP contribution in [0.15, 0.2) is 84.9 Å². The summed E-state index contributed by atoms with van der Waals surface area (Å²) in [6.07, 6.45) is 0. The van der Waals surface area contributed by atoms with Crippen LogP contribution in [0.3, 0.4) is 0 Å². The van der Waals surface area contributed by atoms with Crippen molar-refractivity contribution in [3.05, 3.63) is 90.5 Å². The van der Waals surface area contributed by atoms with Crippen molar-refractivity contribution >= 4 is 24.0 Å². The highest BCUT2D eigenvalue weighted by atomic mass is 35.5. The molecule has 0 atom stereocenters. The van der Waals surface area contributed by atoms with E-state index in [1.165, 1.54) is 0 Å². The minimum Gasteiger partial charge on any atom is -0.321 e. The molecule has 1 amide bonds. The topological polar surface area (TPSA) is 29.1 Å². The molecule has 0 aromatic heterocycles. The van der Waals surface area contributed by atoms with Crippen molar-refractivity contribution in [2.75, 3.05) is 5.32 Å². The maximum Gasteiger partial charge on any atom is 0.255 e. The van der Waals surface area contributed by atoms with Crippen molar-refractivity contribution < 1.29 is 4.79 Å². The fourth-order valence-electron chi connectivity index (χ4n) is 2.25. The molecule has 110 valence electrons. The van der Waals surface area contributed by atoms with Crippen LogP contribution in [-0.2, 0) is 0 Å². The van der Waals surface area contributed by atoms with Gasteiger partial charge in [-0.25, -0.2) is 0 Å². The van der Waals surface area contributed by atoms with E-state index in [1.54, 1.807) is 12.1 Å². The molecular formula is C19H16ClNO. The Labute approximate surface area is 136 Å². The third-order valence-corrected chi connectivity index (χ3v) is 3.30. The number of hydrogen-bond acceptors (Lipinski definition) is 1. The van der Waals surface area contributed by atoms with Crippen LogP contribution >= 0.6 is 12.4 Å². The van der Waals surface area contributed by atoms with Gasteiger partial charge in [0.2, 0.25) is 0 Å². The van der Waals surface area contributed by atoms with Gasteiger partial charge in [-0.05, 0) is 23.8 Å². The first-order valence-corrected chi connectivity index (χ1v) is 6.85. The molecule has 0 fully saturated rings. The Balaban J connectivity index is 0.00000176. The van der Waals surface area contributed by atoms with Crippen LogP contribution in [0.1, 0.15) is 10.4 Å². The summed E-state index contributed by atoms with van der Waals surface area (Å²) in [6, 6.07) is 27.1. The van der Waals surface area contributed by atoms with Crippen LogP contribution < -0.4 is 5.32 Å². The van der Waals surface area contributed by atoms with E-state index in [2.05, 4.69) is 5.32 Å². The van der Waals surface area contributed by atoms with Crippen molar-refractivity contribution in [2.45, 2.75) is 0 Å². The summed E-state index contributed by atoms with van der Waals surface area (Å²) >= 11 is 0. The molecule has 3 aromatic carbocycles. The number of amides is 1. The van der Waals surface area contributed by atoms with Crippen LogP contribution in [-0.4, -0.2) is 5.91 Å². The van der Waals surface area contributed by atoms with Crippen LogP contribution in [0, 0.1) is 0 Å². The molecule has 3 aromatic rings. The van der Waals surface area contributed by atoms with E-state index in [1.807, 2.05) is 72.8 Å². The quantitative estimate of drug-likeness (QED) is 0.722. The summed E-state index contributed by atoms with van der Waals surface area (Å²) < 4.78 is 0. The van der Waals surface area contributed by atoms with Gasteiger partial charge < -0.3 is 5.32 Å². The monoisotopic (exact) mass is 309 g/mol. The number of halogens is 1. The average molecular weight is 310 g/mol. The molecule has 3 rings (SSSR count). The van der Waals surface area contributed by atoms with Gasteiger partial charge in [-0.3, -0.25) is 4.79 Å². The Morgan fingerprint density at radius 3 is 1.91 bits per heavy atom. The zero-order chi connectivity index (χ0) is 14.5. The van der Waals surface area contributed by atoms with Gasteiger partial charge in [0.25, 0.3) is 5.91 Å². The Kier molecular flexibility index (Phi) is 5.34. The van der Waals surface area contributed by atoms with Crippen molar-refractivity contribution in [2.24, 2.45) is 0 Å². The lowest BCUT2D eigenvalue weighted by atomic mass is 10.0. The van der Waals surface area contributed by atoms with E-state index in [0.29, 0.717) is 5.56 Å². The minimum atomic E-state index is -0.0982. The van der Waals surface area contributed by atoms with Gasteiger partial charge in [0.15, 0.2) is 0 Å². The summed E-state index contributed by atoms with van der Waals surface area (Å²) in [5.41, 5.74) is 3.57. The van der Waals surface area contributed by atoms with Crippen LogP contribution in [0.5, 0.6) is 0 Å². The predicted octanol–water partition coefficient (Wildman–Crippen LogP) is 5.03. The fraction of sp³-hybridized carbons (Fsp3) is 0. The first-order chi connectivity index (χ1) is 10.3. The lowest BCUT2D eigenvalue weighted by Crippen LogP contribution is -2.12. The number of para-hydroxylation sites is 1. The zero-order valence-corrected chi connectivity index (χ0v) is 12.7. The molecule has 0 aliphatic rings. The van der Waals surface area contributed by atoms with E-state index >= 15 is 0 Å². The van der Waals surface area contributed by atoms with Crippen molar-refractivity contribution in [3.63, 3.8) is 0 Å². The van der Waals surface area contributed by atoms with E-state index in [-0.39, 0.29) is 18.3 Å². The number of rotatable bonds is 3. The maximum absolute atomic E-state index is 12.3. The first-order valence-electron chi connectivity index (χ1n) is 6.85. The number of carbonyl (C=O) groups excluding carboxylic acids is 1. The molecular weight excluding hydrogens is 294 g/mol. The van der Waals surface area contributed by atoms with Gasteiger partial charge in [0, 0.05) is 16.8 Å². The average Bonchev–Trinajstić information content (AvgIpc) is 2.57. The highest BCUT2D eigenvalue weighted by Gasteiger charge is 2.09. The van der Waals surface area contributed by atoms with Crippen LogP contribution in [0.4, 0.5) is 5.69 Å². The summed E-state index contributed by atoms with van der Waals surface area (Å²) in [6.45, 7) is 0. The summed E-state index contributed by atoms with van der Waals surface area (Å²) in [4.78, 5) is 12.3. The molecule has 0 aliphatic heterocycles. The molecule has 0 spiro atoms. The van der Waals surface area contributed by atoms with Crippen LogP contribution in [0.25, 0.3) is 11.1 Å². The molecule has 0 unspecified atom stereocenters. The van der Waals surface area contributed by atoms with Crippen molar-refractivity contribution in [3.8, 4) is 11.1 Å². The number of hydrogen-bond donors (Lipinski definition) is 1. The Morgan fingerprint density at radius 2 is 1.23 bits per heavy atom. The highest BCUT2D eigenvalue weighted by molar-refractivity contribution is 6.06. The number of anilines is 1. The Hall–Kier alpha value is -2.58. The van der Waals surface area contributed by atoms with Gasteiger partial charge in [0.05, 0.1) is 0 Å². The normalized spacial score (nSPS) is 9.64. The van der Waals surface area contributed by atoms with Crippen LogP contribution in [0.2, 0.25) is 0 Å². The maximum atomic E-state index is 12.3. The summed E-state index contributed by atoms with van der Waals surface area (Å²) in [5.74, 6) is -0.0982. The second kappa shape index (κ2) is 7.43. The van der Waals surface area contributed by atoms with Gasteiger partial charge in [-0.1, -0.05) is 66.7 Å². The second-order valence-electron chi connectivity index (χ2n) is 4.73. The largest absolute Gasteiger partial charge is 0.321 e. The van der Waals surface area contributed by atoms with Gasteiger partial charge in [0.1, 0.15) is 0 Å². The summed E-state index contributed by atoms with van der Waals surface area (Å²) in [7, 11) is 0. The molecule has 0 saturated carbocycles. The molecule has 2 nitrogen and oxygen atoms in total. The highest BCUT2D eigenvalue weighted by Crippen LogP contribution is 2.27. The lowest BCUT2D eigenvalue weighted by molar-refractivity contribution is 0.102. The second-order valence-corrected chi connectivity index (χ2v) is 4.73. The molecule has 3 heteroatoms. The number of nitrogens with one attached hydrogen (secondary N) is 1. The predicted molar refractivity (Wildman–Crippen MR) is 93.5 cm³/mol. The third-order valence-electron chi connectivity index (χ3n) is 3.30. The van der Waals surface area contributed by atoms with Gasteiger partial charge >= 0.3 is 0 Å². The molecule has 0 aliphatic carbocycles. The standard InChI is InChI=1S/C19H15NO.ClH/c21-19(16-11-5-2-6-12-16)20-18-14-8-7-13-17(18)15-9-3-1-4-10-15;/h1-14H,(H,20,21);1H. The van der Waals surface area contributed by atoms with Gasteiger partial charge in [-0.15, -0.1) is 12.4 Å². The molecule has 0 radical (unpaired) electrons. The van der Waals surface area contributed by atoms with E-state index in [4.69, 9.17) is 0 Å². The molecule has 0 saturated heterocycles. The van der Waals surface area contributed by atoms with Crippen molar-refractivity contribution in [1.82, 2.24) is 0 Å². The number of benzene rings is 3. The van der Waals surface area contributed by atoms with Gasteiger partial charge in [-0.2, -0.15) is 0 Å². The molecule has 0 heterocycles. The lowest BCUT2D eigenvalue weighted by Gasteiger charge is -2.11. The molecule has 22 heavy (non-hydrogen) atoms. The third kappa shape index (κ3) is 3.54. The SMILES string of the molecule is Cl.O=C(Nc1ccccc1-c1ccccc1)c1ccccc1. The summed E-state index contributed by atoms with van der Waals surface area (Å²) in [5, 5.41) is 2.99. The Morgan fingerprint density at radius 1 is 0.682 bits per heavy atom. The Bertz CT molecular complexity index is 742. The van der Waals surface area contributed by atoms with Crippen molar-refractivity contribution in [1.29, 1.82) is 0 Å². The van der Waals surface area contributed by atoms with E-state index in [9.17, 15) is 4.79 Å². The molecule has 1 N–H and O–H groups in total. The van der Waals surface area contributed by atoms with E-state index in [0.717, 1.165) is 16.8 Å². The molecule has 0 bridgehead atoms. The van der Waals surface area contributed by atoms with E-state index < -0.39 is 0 Å². The fourth-order valence-corrected chi connectivity index (χ4v) is 2.25.